The Morgan fingerprint density at radius 3 is 2.36 bits per heavy atom. The molecular formula is C24H26F2N6O. The number of hydrogen-bond acceptors (Lipinski definition) is 7. The van der Waals surface area contributed by atoms with Crippen molar-refractivity contribution in [3.05, 3.63) is 42.5 Å². The zero-order valence-corrected chi connectivity index (χ0v) is 18.3. The zero-order chi connectivity index (χ0) is 22.4. The molecule has 1 atom stereocenters. The van der Waals surface area contributed by atoms with Crippen molar-refractivity contribution < 1.29 is 13.5 Å². The second-order valence-corrected chi connectivity index (χ2v) is 8.97. The number of ether oxygens (including phenoxy) is 1. The van der Waals surface area contributed by atoms with E-state index in [4.69, 9.17) is 4.74 Å². The van der Waals surface area contributed by atoms with Gasteiger partial charge in [0.25, 0.3) is 0 Å². The van der Waals surface area contributed by atoms with Crippen LogP contribution in [0.5, 0.6) is 0 Å². The number of alkyl halides is 1. The summed E-state index contributed by atoms with van der Waals surface area (Å²) < 4.78 is 34.0. The average molecular weight is 453 g/mol. The monoisotopic (exact) mass is 452 g/mol. The first-order valence-electron chi connectivity index (χ1n) is 11.5. The molecule has 3 aliphatic rings. The van der Waals surface area contributed by atoms with E-state index in [-0.39, 0.29) is 0 Å². The molecule has 172 valence electrons. The predicted octanol–water partition coefficient (Wildman–Crippen LogP) is 2.90. The highest BCUT2D eigenvalue weighted by Crippen LogP contribution is 2.32. The number of piperazine rings is 1. The number of hydrogen-bond donors (Lipinski definition) is 0. The Hall–Kier alpha value is -2.91. The number of pyridine rings is 3. The van der Waals surface area contributed by atoms with Crippen LogP contribution in [-0.4, -0.2) is 84.5 Å². The molecular weight excluding hydrogens is 426 g/mol. The molecule has 7 nitrogen and oxygen atoms in total. The van der Waals surface area contributed by atoms with Crippen molar-refractivity contribution in [3.8, 4) is 11.1 Å². The maximum Gasteiger partial charge on any atom is 0.151 e. The molecule has 6 rings (SSSR count). The largest absolute Gasteiger partial charge is 0.378 e. The third-order valence-electron chi connectivity index (χ3n) is 6.92. The molecule has 9 heteroatoms. The van der Waals surface area contributed by atoms with Crippen LogP contribution in [0.3, 0.4) is 0 Å². The van der Waals surface area contributed by atoms with Crippen molar-refractivity contribution in [1.82, 2.24) is 19.9 Å². The Labute approximate surface area is 191 Å². The highest BCUT2D eigenvalue weighted by molar-refractivity contribution is 5.92. The van der Waals surface area contributed by atoms with Gasteiger partial charge in [-0.2, -0.15) is 0 Å². The fraction of sp³-hybridized carbons (Fsp3) is 0.458. The molecule has 3 fully saturated rings. The van der Waals surface area contributed by atoms with Gasteiger partial charge in [-0.25, -0.2) is 18.7 Å². The van der Waals surface area contributed by atoms with Crippen molar-refractivity contribution in [2.75, 3.05) is 62.3 Å². The van der Waals surface area contributed by atoms with Crippen LogP contribution in [0.2, 0.25) is 0 Å². The summed E-state index contributed by atoms with van der Waals surface area (Å²) in [4.78, 5) is 20.2. The maximum absolute atomic E-state index is 15.0. The fourth-order valence-corrected chi connectivity index (χ4v) is 4.88. The van der Waals surface area contributed by atoms with Crippen molar-refractivity contribution in [1.29, 1.82) is 0 Å². The Morgan fingerprint density at radius 1 is 0.879 bits per heavy atom. The van der Waals surface area contributed by atoms with Crippen LogP contribution in [0.1, 0.15) is 6.42 Å². The fourth-order valence-electron chi connectivity index (χ4n) is 4.88. The van der Waals surface area contributed by atoms with Gasteiger partial charge in [0, 0.05) is 50.0 Å². The molecule has 0 spiro atoms. The van der Waals surface area contributed by atoms with Crippen molar-refractivity contribution in [2.45, 2.75) is 18.6 Å². The van der Waals surface area contributed by atoms with Gasteiger partial charge in [-0.1, -0.05) is 0 Å². The molecule has 0 aromatic carbocycles. The summed E-state index contributed by atoms with van der Waals surface area (Å²) in [6.45, 7) is 6.38. The van der Waals surface area contributed by atoms with Crippen LogP contribution < -0.4 is 9.80 Å². The standard InChI is InChI=1S/C24H26F2N6O/c25-17-5-6-32(13-17)22-4-2-20-24(29-22)23(19(26)12-27-20)16-1-3-21(28-11-16)31-9-7-30(8-10-31)18-14-33-15-18/h1-4,11-12,17-18H,5-10,13-15H2. The van der Waals surface area contributed by atoms with Gasteiger partial charge in [-0.15, -0.1) is 0 Å². The number of anilines is 2. The minimum Gasteiger partial charge on any atom is -0.378 e. The zero-order valence-electron chi connectivity index (χ0n) is 18.3. The Bertz CT molecular complexity index is 1150. The summed E-state index contributed by atoms with van der Waals surface area (Å²) >= 11 is 0. The molecule has 6 heterocycles. The second-order valence-electron chi connectivity index (χ2n) is 8.97. The molecule has 1 unspecified atom stereocenters. The number of nitrogens with zero attached hydrogens (tertiary/aromatic N) is 6. The lowest BCUT2D eigenvalue weighted by molar-refractivity contribution is -0.0660. The van der Waals surface area contributed by atoms with Gasteiger partial charge in [-0.05, 0) is 30.7 Å². The van der Waals surface area contributed by atoms with Gasteiger partial charge in [0.1, 0.15) is 23.3 Å². The first-order valence-corrected chi connectivity index (χ1v) is 11.5. The first kappa shape index (κ1) is 20.7. The lowest BCUT2D eigenvalue weighted by Crippen LogP contribution is -2.56. The van der Waals surface area contributed by atoms with Crippen LogP contribution in [0.15, 0.2) is 36.7 Å². The molecule has 3 saturated heterocycles. The third-order valence-corrected chi connectivity index (χ3v) is 6.92. The summed E-state index contributed by atoms with van der Waals surface area (Å²) in [5, 5.41) is 0. The van der Waals surface area contributed by atoms with Crippen LogP contribution >= 0.6 is 0 Å². The average Bonchev–Trinajstić information content (AvgIpc) is 3.25. The van der Waals surface area contributed by atoms with Crippen molar-refractivity contribution in [2.24, 2.45) is 0 Å². The normalized spacial score (nSPS) is 22.2. The molecule has 3 aromatic rings. The number of halogens is 2. The van der Waals surface area contributed by atoms with E-state index in [0.29, 0.717) is 53.5 Å². The summed E-state index contributed by atoms with van der Waals surface area (Å²) in [7, 11) is 0. The van der Waals surface area contributed by atoms with Gasteiger partial charge in [0.15, 0.2) is 5.82 Å². The summed E-state index contributed by atoms with van der Waals surface area (Å²) in [5.74, 6) is 1.10. The van der Waals surface area contributed by atoms with E-state index in [1.165, 1.54) is 6.20 Å². The molecule has 0 saturated carbocycles. The third kappa shape index (κ3) is 3.89. The number of fused-ring (bicyclic) bond motifs is 1. The molecule has 0 radical (unpaired) electrons. The van der Waals surface area contributed by atoms with E-state index in [1.807, 2.05) is 29.2 Å². The molecule has 3 aliphatic heterocycles. The highest BCUT2D eigenvalue weighted by Gasteiger charge is 2.29. The lowest BCUT2D eigenvalue weighted by atomic mass is 10.1. The summed E-state index contributed by atoms with van der Waals surface area (Å²) in [6.07, 6.45) is 2.57. The maximum atomic E-state index is 15.0. The van der Waals surface area contributed by atoms with Gasteiger partial charge in [0.05, 0.1) is 37.5 Å². The van der Waals surface area contributed by atoms with E-state index in [0.717, 1.165) is 45.2 Å². The number of rotatable bonds is 4. The van der Waals surface area contributed by atoms with E-state index >= 15 is 0 Å². The minimum absolute atomic E-state index is 0.313. The van der Waals surface area contributed by atoms with E-state index in [9.17, 15) is 8.78 Å². The van der Waals surface area contributed by atoms with Crippen LogP contribution in [0.25, 0.3) is 22.2 Å². The van der Waals surface area contributed by atoms with Crippen LogP contribution in [-0.2, 0) is 4.74 Å². The SMILES string of the molecule is Fc1cnc2ccc(N3CCC(F)C3)nc2c1-c1ccc(N2CCN(C3COC3)CC2)nc1. The Kier molecular flexibility index (Phi) is 5.30. The molecule has 33 heavy (non-hydrogen) atoms. The Balaban J connectivity index is 1.26. The molecule has 0 bridgehead atoms. The number of aromatic nitrogens is 3. The quantitative estimate of drug-likeness (QED) is 0.603. The highest BCUT2D eigenvalue weighted by atomic mass is 19.1. The smallest absolute Gasteiger partial charge is 0.151 e. The minimum atomic E-state index is -0.853. The first-order chi connectivity index (χ1) is 16.2. The summed E-state index contributed by atoms with van der Waals surface area (Å²) in [6, 6.07) is 8.04. The summed E-state index contributed by atoms with van der Waals surface area (Å²) in [5.41, 5.74) is 2.11. The van der Waals surface area contributed by atoms with E-state index in [1.54, 1.807) is 6.20 Å². The van der Waals surface area contributed by atoms with Crippen LogP contribution in [0, 0.1) is 5.82 Å². The molecule has 0 aliphatic carbocycles. The Morgan fingerprint density at radius 2 is 1.70 bits per heavy atom. The molecule has 0 amide bonds. The molecule has 3 aromatic heterocycles. The van der Waals surface area contributed by atoms with E-state index in [2.05, 4.69) is 24.8 Å². The van der Waals surface area contributed by atoms with Gasteiger partial charge < -0.3 is 14.5 Å². The van der Waals surface area contributed by atoms with Crippen molar-refractivity contribution >= 4 is 22.7 Å². The lowest BCUT2D eigenvalue weighted by Gasteiger charge is -2.42. The topological polar surface area (TPSA) is 57.6 Å². The molecule has 0 N–H and O–H groups in total. The predicted molar refractivity (Wildman–Crippen MR) is 123 cm³/mol. The van der Waals surface area contributed by atoms with Gasteiger partial charge in [-0.3, -0.25) is 9.88 Å². The van der Waals surface area contributed by atoms with Gasteiger partial charge >= 0.3 is 0 Å². The van der Waals surface area contributed by atoms with Crippen LogP contribution in [0.4, 0.5) is 20.4 Å². The van der Waals surface area contributed by atoms with Crippen molar-refractivity contribution in [3.63, 3.8) is 0 Å². The second kappa shape index (κ2) is 8.46. The van der Waals surface area contributed by atoms with Gasteiger partial charge in [0.2, 0.25) is 0 Å². The van der Waals surface area contributed by atoms with E-state index < -0.39 is 12.0 Å².